The first-order valence-corrected chi connectivity index (χ1v) is 17.3. The summed E-state index contributed by atoms with van der Waals surface area (Å²) in [6.45, 7) is 2.73. The quantitative estimate of drug-likeness (QED) is 0.120. The lowest BCUT2D eigenvalue weighted by Crippen LogP contribution is -2.35. The summed E-state index contributed by atoms with van der Waals surface area (Å²) in [6, 6.07) is 22.6. The van der Waals surface area contributed by atoms with Crippen LogP contribution in [-0.2, 0) is 22.7 Å². The molecule has 11 heteroatoms. The molecule has 7 rings (SSSR count). The van der Waals surface area contributed by atoms with Crippen LogP contribution < -0.4 is 26.0 Å². The minimum Gasteiger partial charge on any atom is -0.481 e. The number of carbonyl (C=O) groups is 2. The summed E-state index contributed by atoms with van der Waals surface area (Å²) in [5.41, 5.74) is 6.03. The van der Waals surface area contributed by atoms with Crippen LogP contribution in [0.1, 0.15) is 36.8 Å². The molecule has 0 spiro atoms. The molecule has 3 aromatic carbocycles. The maximum Gasteiger partial charge on any atom is 0.220 e. The fourth-order valence-corrected chi connectivity index (χ4v) is 7.32. The number of fused-ring (bicyclic) bond motifs is 1. The molecular weight excluding hydrogens is 659 g/mol. The van der Waals surface area contributed by atoms with E-state index >= 15 is 0 Å². The Bertz CT molecular complexity index is 2030. The van der Waals surface area contributed by atoms with E-state index in [-0.39, 0.29) is 23.9 Å². The van der Waals surface area contributed by atoms with Gasteiger partial charge in [0.2, 0.25) is 17.7 Å². The second-order valence-electron chi connectivity index (χ2n) is 12.7. The molecule has 49 heavy (non-hydrogen) atoms. The summed E-state index contributed by atoms with van der Waals surface area (Å²) in [5.74, 6) is 0.754. The summed E-state index contributed by atoms with van der Waals surface area (Å²) in [6.07, 6.45) is 7.08. The first kappa shape index (κ1) is 33.1. The van der Waals surface area contributed by atoms with Crippen molar-refractivity contribution in [2.75, 3.05) is 20.2 Å². The number of nitrogens with one attached hydrogen (secondary N) is 4. The topological polar surface area (TPSA) is 109 Å². The van der Waals surface area contributed by atoms with Crippen LogP contribution in [0.25, 0.3) is 38.8 Å². The van der Waals surface area contributed by atoms with Gasteiger partial charge >= 0.3 is 0 Å². The van der Waals surface area contributed by atoms with Gasteiger partial charge in [-0.25, -0.2) is 4.98 Å². The molecule has 2 fully saturated rings. The average molecular weight is 698 g/mol. The van der Waals surface area contributed by atoms with Crippen LogP contribution >= 0.6 is 23.2 Å². The molecule has 252 valence electrons. The van der Waals surface area contributed by atoms with E-state index in [2.05, 4.69) is 56.4 Å². The second kappa shape index (κ2) is 14.6. The van der Waals surface area contributed by atoms with Gasteiger partial charge in [0.05, 0.1) is 28.5 Å². The van der Waals surface area contributed by atoms with Gasteiger partial charge in [0.1, 0.15) is 0 Å². The van der Waals surface area contributed by atoms with Crippen molar-refractivity contribution in [3.63, 3.8) is 0 Å². The molecule has 2 aliphatic heterocycles. The van der Waals surface area contributed by atoms with Crippen molar-refractivity contribution >= 4 is 45.8 Å². The molecule has 2 aliphatic rings. The number of hydrogen-bond donors (Lipinski definition) is 4. The molecule has 0 saturated carbocycles. The molecule has 0 unspecified atom stereocenters. The number of pyridine rings is 1. The summed E-state index contributed by atoms with van der Waals surface area (Å²) >= 11 is 14.2. The van der Waals surface area contributed by atoms with Crippen LogP contribution in [-0.4, -0.2) is 53.6 Å². The lowest BCUT2D eigenvalue weighted by atomic mass is 10.00. The number of ether oxygens (including phenoxy) is 1. The molecule has 4 heterocycles. The predicted molar refractivity (Wildman–Crippen MR) is 194 cm³/mol. The number of rotatable bonds is 12. The van der Waals surface area contributed by atoms with Crippen molar-refractivity contribution < 1.29 is 14.3 Å². The van der Waals surface area contributed by atoms with Crippen LogP contribution in [0.5, 0.6) is 5.88 Å². The Hall–Kier alpha value is -4.41. The lowest BCUT2D eigenvalue weighted by Gasteiger charge is -2.16. The Morgan fingerprint density at radius 3 is 2.14 bits per heavy atom. The fourth-order valence-electron chi connectivity index (χ4n) is 6.67. The third-order valence-electron chi connectivity index (χ3n) is 9.26. The zero-order chi connectivity index (χ0) is 33.9. The number of benzene rings is 3. The summed E-state index contributed by atoms with van der Waals surface area (Å²) in [4.78, 5) is 27.8. The van der Waals surface area contributed by atoms with E-state index in [1.54, 1.807) is 7.11 Å². The highest BCUT2D eigenvalue weighted by molar-refractivity contribution is 6.39. The van der Waals surface area contributed by atoms with E-state index in [1.165, 1.54) is 5.56 Å². The Balaban J connectivity index is 1.09. The Morgan fingerprint density at radius 1 is 0.796 bits per heavy atom. The van der Waals surface area contributed by atoms with Gasteiger partial charge in [0, 0.05) is 91.1 Å². The molecule has 2 saturated heterocycles. The predicted octanol–water partition coefficient (Wildman–Crippen LogP) is 6.41. The highest BCUT2D eigenvalue weighted by atomic mass is 35.5. The number of hydrogen-bond acceptors (Lipinski definition) is 6. The zero-order valence-electron chi connectivity index (χ0n) is 27.2. The second-order valence-corrected chi connectivity index (χ2v) is 13.4. The van der Waals surface area contributed by atoms with Crippen molar-refractivity contribution in [1.29, 1.82) is 0 Å². The van der Waals surface area contributed by atoms with E-state index in [9.17, 15) is 9.59 Å². The largest absolute Gasteiger partial charge is 0.481 e. The van der Waals surface area contributed by atoms with Gasteiger partial charge in [-0.2, -0.15) is 0 Å². The minimum atomic E-state index is 0.105. The van der Waals surface area contributed by atoms with Crippen molar-refractivity contribution in [2.45, 2.75) is 50.9 Å². The first-order chi connectivity index (χ1) is 23.9. The Morgan fingerprint density at radius 2 is 1.45 bits per heavy atom. The number of nitrogens with zero attached hydrogens (tertiary/aromatic N) is 2. The monoisotopic (exact) mass is 696 g/mol. The van der Waals surface area contributed by atoms with Gasteiger partial charge in [0.25, 0.3) is 0 Å². The first-order valence-electron chi connectivity index (χ1n) is 16.6. The van der Waals surface area contributed by atoms with Crippen molar-refractivity contribution in [3.05, 3.63) is 100 Å². The third-order valence-corrected chi connectivity index (χ3v) is 10.1. The lowest BCUT2D eigenvalue weighted by molar-refractivity contribution is -0.120. The van der Waals surface area contributed by atoms with Gasteiger partial charge in [0.15, 0.2) is 0 Å². The smallest absolute Gasteiger partial charge is 0.220 e. The number of aromatic nitrogens is 2. The third kappa shape index (κ3) is 7.31. The summed E-state index contributed by atoms with van der Waals surface area (Å²) in [7, 11) is 1.61. The maximum absolute atomic E-state index is 11.5. The zero-order valence-corrected chi connectivity index (χ0v) is 28.7. The van der Waals surface area contributed by atoms with E-state index in [0.29, 0.717) is 47.6 Å². The molecular formula is C38H38Cl2N6O3. The molecule has 2 amide bonds. The van der Waals surface area contributed by atoms with Gasteiger partial charge < -0.3 is 30.6 Å². The van der Waals surface area contributed by atoms with Gasteiger partial charge in [-0.15, -0.1) is 0 Å². The maximum atomic E-state index is 11.5. The Labute approximate surface area is 295 Å². The SMILES string of the molecule is COc1nc(-c2cccc(-c3cccc(-n4cc5ccc(CNC[C@H]6CCC(=O)N6)cc5c4)c3Cl)c2Cl)ccc1CNC[C@H]1CCC(=O)N1. The summed E-state index contributed by atoms with van der Waals surface area (Å²) < 4.78 is 7.71. The van der Waals surface area contributed by atoms with Gasteiger partial charge in [-0.3, -0.25) is 9.59 Å². The van der Waals surface area contributed by atoms with Crippen LogP contribution in [0.3, 0.4) is 0 Å². The molecule has 5 aromatic rings. The van der Waals surface area contributed by atoms with Crippen molar-refractivity contribution in [3.8, 4) is 34.0 Å². The number of halogens is 2. The average Bonchev–Trinajstić information content (AvgIpc) is 3.84. The normalized spacial score (nSPS) is 17.4. The highest BCUT2D eigenvalue weighted by Gasteiger charge is 2.22. The van der Waals surface area contributed by atoms with Crippen LogP contribution in [0.4, 0.5) is 0 Å². The standard InChI is InChI=1S/C38H38Cl2N6O3/c1-49-38-24(18-42-20-28-12-15-35(48)44-28)10-13-32(45-38)31-6-2-4-29(36(31)39)30-5-3-7-33(37(30)40)46-21-25-9-8-23(16-26(25)22-46)17-41-19-27-11-14-34(47)43-27/h2-10,13,16,21-22,27-28,41-42H,11-12,14-15,17-20H2,1H3,(H,43,47)(H,44,48)/t27-,28-/m1/s1. The van der Waals surface area contributed by atoms with E-state index in [0.717, 1.165) is 64.6 Å². The van der Waals surface area contributed by atoms with E-state index < -0.39 is 0 Å². The summed E-state index contributed by atoms with van der Waals surface area (Å²) in [5, 5.41) is 16.2. The molecule has 0 radical (unpaired) electrons. The van der Waals surface area contributed by atoms with Crippen molar-refractivity contribution in [1.82, 2.24) is 30.8 Å². The molecule has 0 aliphatic carbocycles. The minimum absolute atomic E-state index is 0.105. The van der Waals surface area contributed by atoms with Gasteiger partial charge in [-0.1, -0.05) is 71.7 Å². The highest BCUT2D eigenvalue weighted by Crippen LogP contribution is 2.41. The van der Waals surface area contributed by atoms with Crippen LogP contribution in [0.15, 0.2) is 79.1 Å². The van der Waals surface area contributed by atoms with E-state index in [4.69, 9.17) is 32.9 Å². The van der Waals surface area contributed by atoms with Gasteiger partial charge in [-0.05, 0) is 42.0 Å². The van der Waals surface area contributed by atoms with Crippen LogP contribution in [0, 0.1) is 0 Å². The van der Waals surface area contributed by atoms with Crippen molar-refractivity contribution in [2.24, 2.45) is 0 Å². The Kier molecular flexibility index (Phi) is 9.86. The molecule has 4 N–H and O–H groups in total. The molecule has 2 aromatic heterocycles. The fraction of sp³-hybridized carbons (Fsp3) is 0.289. The number of methoxy groups -OCH3 is 1. The number of amides is 2. The molecule has 9 nitrogen and oxygen atoms in total. The van der Waals surface area contributed by atoms with E-state index in [1.807, 2.05) is 48.5 Å². The number of carbonyl (C=O) groups excluding carboxylic acids is 2. The molecule has 0 bridgehead atoms. The van der Waals surface area contributed by atoms with Crippen LogP contribution in [0.2, 0.25) is 10.0 Å². The molecule has 2 atom stereocenters.